The van der Waals surface area contributed by atoms with Gasteiger partial charge in [-0.15, -0.1) is 11.8 Å². The van der Waals surface area contributed by atoms with Crippen LogP contribution in [0.25, 0.3) is 0 Å². The molecule has 7 heteroatoms. The van der Waals surface area contributed by atoms with Crippen LogP contribution in [0.2, 0.25) is 0 Å². The number of ether oxygens (including phenoxy) is 1. The third-order valence-corrected chi connectivity index (χ3v) is 4.95. The average molecular weight is 319 g/mol. The molecule has 116 valence electrons. The number of aryl methyl sites for hydroxylation is 2. The van der Waals surface area contributed by atoms with Gasteiger partial charge in [0.05, 0.1) is 23.8 Å². The van der Waals surface area contributed by atoms with Gasteiger partial charge in [0.2, 0.25) is 5.91 Å². The van der Waals surface area contributed by atoms with Crippen LogP contribution in [0.5, 0.6) is 11.5 Å². The van der Waals surface area contributed by atoms with E-state index in [1.165, 1.54) is 18.9 Å². The van der Waals surface area contributed by atoms with E-state index in [1.807, 2.05) is 20.0 Å². The van der Waals surface area contributed by atoms with Crippen molar-refractivity contribution in [1.29, 1.82) is 0 Å². The number of nitrogens with zero attached hydrogens (tertiary/aromatic N) is 2. The summed E-state index contributed by atoms with van der Waals surface area (Å²) in [4.78, 5) is 11.9. The number of thioether (sulfide) groups is 1. The normalized spacial score (nSPS) is 17.6. The lowest BCUT2D eigenvalue weighted by Gasteiger charge is -2.16. The van der Waals surface area contributed by atoms with E-state index in [1.54, 1.807) is 16.8 Å². The fourth-order valence-corrected chi connectivity index (χ4v) is 3.86. The van der Waals surface area contributed by atoms with E-state index < -0.39 is 0 Å². The second kappa shape index (κ2) is 5.57. The summed E-state index contributed by atoms with van der Waals surface area (Å²) in [5.74, 6) is 1.54. The molecule has 2 aromatic rings. The smallest absolute Gasteiger partial charge is 0.235 e. The maximum absolute atomic E-state index is 11.9. The van der Waals surface area contributed by atoms with Gasteiger partial charge in [0.25, 0.3) is 0 Å². The quantitative estimate of drug-likeness (QED) is 0.887. The van der Waals surface area contributed by atoms with Gasteiger partial charge in [0, 0.05) is 12.6 Å². The van der Waals surface area contributed by atoms with E-state index in [-0.39, 0.29) is 16.9 Å². The minimum absolute atomic E-state index is 0.0468. The largest absolute Gasteiger partial charge is 0.504 e. The zero-order valence-corrected chi connectivity index (χ0v) is 13.4. The zero-order chi connectivity index (χ0) is 15.9. The van der Waals surface area contributed by atoms with Crippen molar-refractivity contribution in [3.63, 3.8) is 0 Å². The standard InChI is InChI=1S/C15H17N3O3S/c1-8-13-14(9-4-5-11(21-3)10(19)6-9)22-7-12(20)16-15(13)18(2)17-8/h4-6,14,19H,7H2,1-3H3,(H,16,20)/t14-/m1/s1. The summed E-state index contributed by atoms with van der Waals surface area (Å²) in [6.45, 7) is 1.92. The van der Waals surface area contributed by atoms with Crippen LogP contribution in [-0.2, 0) is 11.8 Å². The number of rotatable bonds is 2. The molecule has 1 atom stereocenters. The van der Waals surface area contributed by atoms with Crippen molar-refractivity contribution < 1.29 is 14.6 Å². The summed E-state index contributed by atoms with van der Waals surface area (Å²) < 4.78 is 6.77. The Kier molecular flexibility index (Phi) is 3.74. The Morgan fingerprint density at radius 3 is 2.95 bits per heavy atom. The van der Waals surface area contributed by atoms with Crippen molar-refractivity contribution >= 4 is 23.5 Å². The first-order valence-electron chi connectivity index (χ1n) is 6.83. The lowest BCUT2D eigenvalue weighted by atomic mass is 10.0. The minimum atomic E-state index is -0.0699. The SMILES string of the molecule is COc1ccc([C@H]2SCC(=O)Nc3c2c(C)nn3C)cc1O. The zero-order valence-electron chi connectivity index (χ0n) is 12.6. The Bertz CT molecular complexity index is 742. The molecular weight excluding hydrogens is 302 g/mol. The molecule has 0 saturated heterocycles. The first kappa shape index (κ1) is 14.8. The number of phenols is 1. The van der Waals surface area contributed by atoms with Crippen molar-refractivity contribution in [2.75, 3.05) is 18.2 Å². The fraction of sp³-hybridized carbons (Fsp3) is 0.333. The van der Waals surface area contributed by atoms with Crippen molar-refractivity contribution in [3.05, 3.63) is 35.0 Å². The van der Waals surface area contributed by atoms with E-state index in [9.17, 15) is 9.90 Å². The van der Waals surface area contributed by atoms with E-state index in [2.05, 4.69) is 10.4 Å². The number of carbonyl (C=O) groups excluding carboxylic acids is 1. The Morgan fingerprint density at radius 1 is 1.50 bits per heavy atom. The average Bonchev–Trinajstić information content (AvgIpc) is 2.66. The maximum Gasteiger partial charge on any atom is 0.235 e. The number of methoxy groups -OCH3 is 1. The Hall–Kier alpha value is -2.15. The molecule has 1 aromatic carbocycles. The number of hydrogen-bond acceptors (Lipinski definition) is 5. The number of phenolic OH excluding ortho intramolecular Hbond substituents is 1. The predicted molar refractivity (Wildman–Crippen MR) is 85.5 cm³/mol. The molecule has 0 radical (unpaired) electrons. The molecule has 0 bridgehead atoms. The third kappa shape index (κ3) is 2.41. The summed E-state index contributed by atoms with van der Waals surface area (Å²) in [7, 11) is 3.33. The second-order valence-corrected chi connectivity index (χ2v) is 6.24. The number of carbonyl (C=O) groups is 1. The summed E-state index contributed by atoms with van der Waals surface area (Å²) >= 11 is 1.52. The minimum Gasteiger partial charge on any atom is -0.504 e. The van der Waals surface area contributed by atoms with Gasteiger partial charge in [-0.05, 0) is 24.6 Å². The first-order valence-corrected chi connectivity index (χ1v) is 7.88. The van der Waals surface area contributed by atoms with Gasteiger partial charge in [0.15, 0.2) is 11.5 Å². The number of aromatic nitrogens is 2. The molecule has 2 heterocycles. The summed E-state index contributed by atoms with van der Waals surface area (Å²) in [5, 5.41) is 17.3. The van der Waals surface area contributed by atoms with Crippen LogP contribution in [0.1, 0.15) is 22.1 Å². The van der Waals surface area contributed by atoms with E-state index >= 15 is 0 Å². The van der Waals surface area contributed by atoms with Crippen LogP contribution in [0.15, 0.2) is 18.2 Å². The van der Waals surface area contributed by atoms with Crippen molar-refractivity contribution in [2.24, 2.45) is 7.05 Å². The predicted octanol–water partition coefficient (Wildman–Crippen LogP) is 2.22. The Balaban J connectivity index is 2.11. The van der Waals surface area contributed by atoms with Crippen molar-refractivity contribution in [3.8, 4) is 11.5 Å². The van der Waals surface area contributed by atoms with Crippen molar-refractivity contribution in [1.82, 2.24) is 9.78 Å². The molecular formula is C15H17N3O3S. The molecule has 0 saturated carbocycles. The molecule has 2 N–H and O–H groups in total. The topological polar surface area (TPSA) is 76.4 Å². The van der Waals surface area contributed by atoms with Gasteiger partial charge in [-0.2, -0.15) is 5.10 Å². The molecule has 0 fully saturated rings. The van der Waals surface area contributed by atoms with Crippen LogP contribution in [0.4, 0.5) is 5.82 Å². The molecule has 1 amide bonds. The van der Waals surface area contributed by atoms with Gasteiger partial charge >= 0.3 is 0 Å². The van der Waals surface area contributed by atoms with Crippen LogP contribution in [0.3, 0.4) is 0 Å². The maximum atomic E-state index is 11.9. The number of fused-ring (bicyclic) bond motifs is 1. The summed E-state index contributed by atoms with van der Waals surface area (Å²) in [6.07, 6.45) is 0. The molecule has 22 heavy (non-hydrogen) atoms. The summed E-state index contributed by atoms with van der Waals surface area (Å²) in [5.41, 5.74) is 2.76. The van der Waals surface area contributed by atoms with Crippen LogP contribution in [0, 0.1) is 6.92 Å². The van der Waals surface area contributed by atoms with Gasteiger partial charge < -0.3 is 15.2 Å². The number of benzene rings is 1. The van der Waals surface area contributed by atoms with Gasteiger partial charge in [-0.1, -0.05) is 6.07 Å². The third-order valence-electron chi connectivity index (χ3n) is 3.68. The molecule has 1 aliphatic rings. The first-order chi connectivity index (χ1) is 10.5. The highest BCUT2D eigenvalue weighted by molar-refractivity contribution is 8.00. The van der Waals surface area contributed by atoms with Crippen LogP contribution < -0.4 is 10.1 Å². The van der Waals surface area contributed by atoms with E-state index in [0.717, 1.165) is 16.8 Å². The molecule has 3 rings (SSSR count). The Labute approximate surface area is 132 Å². The van der Waals surface area contributed by atoms with Gasteiger partial charge in [-0.25, -0.2) is 0 Å². The molecule has 1 aromatic heterocycles. The monoisotopic (exact) mass is 319 g/mol. The lowest BCUT2D eigenvalue weighted by Crippen LogP contribution is -2.15. The van der Waals surface area contributed by atoms with Crippen molar-refractivity contribution in [2.45, 2.75) is 12.2 Å². The lowest BCUT2D eigenvalue weighted by molar-refractivity contribution is -0.113. The fourth-order valence-electron chi connectivity index (χ4n) is 2.68. The molecule has 6 nitrogen and oxygen atoms in total. The Morgan fingerprint density at radius 2 is 2.27 bits per heavy atom. The highest BCUT2D eigenvalue weighted by Crippen LogP contribution is 2.44. The number of nitrogens with one attached hydrogen (secondary N) is 1. The number of aromatic hydroxyl groups is 1. The number of amides is 1. The van der Waals surface area contributed by atoms with Gasteiger partial charge in [-0.3, -0.25) is 9.48 Å². The molecule has 1 aliphatic heterocycles. The number of anilines is 1. The van der Waals surface area contributed by atoms with Crippen LogP contribution >= 0.6 is 11.8 Å². The molecule has 0 aliphatic carbocycles. The second-order valence-electron chi connectivity index (χ2n) is 5.14. The summed E-state index contributed by atoms with van der Waals surface area (Å²) in [6, 6.07) is 5.32. The van der Waals surface area contributed by atoms with Gasteiger partial charge in [0.1, 0.15) is 5.82 Å². The molecule has 0 unspecified atom stereocenters. The number of hydrogen-bond donors (Lipinski definition) is 2. The highest BCUT2D eigenvalue weighted by Gasteiger charge is 2.29. The van der Waals surface area contributed by atoms with Crippen LogP contribution in [-0.4, -0.2) is 33.7 Å². The van der Waals surface area contributed by atoms with E-state index in [0.29, 0.717) is 17.3 Å². The molecule has 0 spiro atoms. The van der Waals surface area contributed by atoms with E-state index in [4.69, 9.17) is 4.74 Å². The highest BCUT2D eigenvalue weighted by atomic mass is 32.2.